The van der Waals surface area contributed by atoms with Gasteiger partial charge in [0.25, 0.3) is 5.91 Å². The van der Waals surface area contributed by atoms with Gasteiger partial charge in [-0.05, 0) is 59.2 Å². The van der Waals surface area contributed by atoms with Crippen molar-refractivity contribution in [2.75, 3.05) is 12.0 Å². The number of amides is 1. The molecular formula is C28H32F3N5O2. The summed E-state index contributed by atoms with van der Waals surface area (Å²) in [5.41, 5.74) is 6.32. The van der Waals surface area contributed by atoms with E-state index < -0.39 is 34.5 Å². The summed E-state index contributed by atoms with van der Waals surface area (Å²) >= 11 is 0. The number of rotatable bonds is 5. The Morgan fingerprint density at radius 1 is 1.16 bits per heavy atom. The van der Waals surface area contributed by atoms with E-state index in [9.17, 15) is 18.0 Å². The Kier molecular flexibility index (Phi) is 6.18. The van der Waals surface area contributed by atoms with Crippen molar-refractivity contribution in [3.8, 4) is 0 Å². The summed E-state index contributed by atoms with van der Waals surface area (Å²) < 4.78 is 50.0. The van der Waals surface area contributed by atoms with E-state index >= 15 is 0 Å². The second kappa shape index (κ2) is 8.91. The van der Waals surface area contributed by atoms with Crippen molar-refractivity contribution in [2.24, 2.45) is 18.2 Å². The number of aromatic nitrogens is 3. The maximum Gasteiger partial charge on any atom is 0.416 e. The van der Waals surface area contributed by atoms with Crippen molar-refractivity contribution in [3.63, 3.8) is 0 Å². The molecule has 2 aliphatic rings. The van der Waals surface area contributed by atoms with Gasteiger partial charge in [-0.3, -0.25) is 4.79 Å². The third-order valence-electron chi connectivity index (χ3n) is 8.00. The van der Waals surface area contributed by atoms with Crippen LogP contribution in [0.3, 0.4) is 0 Å². The molecule has 0 radical (unpaired) electrons. The lowest BCUT2D eigenvalue weighted by atomic mass is 9.62. The van der Waals surface area contributed by atoms with Gasteiger partial charge >= 0.3 is 6.18 Å². The van der Waals surface area contributed by atoms with Crippen molar-refractivity contribution >= 4 is 11.6 Å². The number of halogens is 3. The summed E-state index contributed by atoms with van der Waals surface area (Å²) in [5, 5.41) is 8.40. The molecule has 5 rings (SSSR count). The molecule has 2 aromatic carbocycles. The molecule has 1 saturated carbocycles. The minimum atomic E-state index is -4.62. The van der Waals surface area contributed by atoms with Gasteiger partial charge < -0.3 is 19.9 Å². The third kappa shape index (κ3) is 4.19. The van der Waals surface area contributed by atoms with Crippen molar-refractivity contribution in [3.05, 3.63) is 76.4 Å². The molecule has 0 spiro atoms. The number of hydrogen-bond donors (Lipinski definition) is 1. The molecule has 0 saturated heterocycles. The molecule has 7 nitrogen and oxygen atoms in total. The maximum absolute atomic E-state index is 14.2. The Hall–Kier alpha value is -3.24. The maximum atomic E-state index is 14.2. The van der Waals surface area contributed by atoms with Gasteiger partial charge in [-0.1, -0.05) is 32.9 Å². The highest BCUT2D eigenvalue weighted by atomic mass is 19.4. The predicted molar refractivity (Wildman–Crippen MR) is 137 cm³/mol. The van der Waals surface area contributed by atoms with Gasteiger partial charge in [0.05, 0.1) is 23.6 Å². The summed E-state index contributed by atoms with van der Waals surface area (Å²) in [6.45, 7) is 5.41. The topological polar surface area (TPSA) is 86.3 Å². The van der Waals surface area contributed by atoms with E-state index in [1.54, 1.807) is 19.5 Å². The number of hydrogen-bond acceptors (Lipinski definition) is 5. The molecular weight excluding hydrogens is 495 g/mol. The van der Waals surface area contributed by atoms with Crippen LogP contribution in [0.25, 0.3) is 0 Å². The molecule has 1 fully saturated rings. The monoisotopic (exact) mass is 527 g/mol. The van der Waals surface area contributed by atoms with Crippen LogP contribution < -0.4 is 10.6 Å². The van der Waals surface area contributed by atoms with E-state index in [-0.39, 0.29) is 23.8 Å². The summed E-state index contributed by atoms with van der Waals surface area (Å²) in [6, 6.07) is 9.37. The quantitative estimate of drug-likeness (QED) is 0.497. The molecule has 0 bridgehead atoms. The van der Waals surface area contributed by atoms with Crippen LogP contribution in [0, 0.1) is 5.41 Å². The van der Waals surface area contributed by atoms with Gasteiger partial charge in [0.1, 0.15) is 12.2 Å². The number of nitrogens with zero attached hydrogens (tertiary/aromatic N) is 4. The van der Waals surface area contributed by atoms with Gasteiger partial charge in [-0.25, -0.2) is 0 Å². The number of alkyl halides is 3. The first-order valence-electron chi connectivity index (χ1n) is 12.6. The van der Waals surface area contributed by atoms with Gasteiger partial charge in [-0.15, -0.1) is 10.2 Å². The number of carbonyl (C=O) groups excluding carboxylic acids is 1. The van der Waals surface area contributed by atoms with Gasteiger partial charge in [0, 0.05) is 31.5 Å². The Labute approximate surface area is 219 Å². The number of fused-ring (bicyclic) bond motifs is 1. The zero-order valence-corrected chi connectivity index (χ0v) is 22.1. The zero-order valence-electron chi connectivity index (χ0n) is 22.1. The minimum absolute atomic E-state index is 0.0242. The number of benzene rings is 2. The van der Waals surface area contributed by atoms with Crippen molar-refractivity contribution < 1.29 is 22.7 Å². The van der Waals surface area contributed by atoms with E-state index in [0.717, 1.165) is 17.5 Å². The lowest BCUT2D eigenvalue weighted by molar-refractivity contribution is -0.138. The summed E-state index contributed by atoms with van der Waals surface area (Å²) in [7, 11) is 3.54. The first-order chi connectivity index (χ1) is 17.8. The Morgan fingerprint density at radius 2 is 1.87 bits per heavy atom. The smallest absolute Gasteiger partial charge is 0.381 e. The fourth-order valence-electron chi connectivity index (χ4n) is 5.69. The number of nitrogens with two attached hydrogens (primary N) is 1. The van der Waals surface area contributed by atoms with Gasteiger partial charge in [0.15, 0.2) is 0 Å². The summed E-state index contributed by atoms with van der Waals surface area (Å²) in [4.78, 5) is 15.0. The highest BCUT2D eigenvalue weighted by molar-refractivity contribution is 6.10. The van der Waals surface area contributed by atoms with Crippen LogP contribution in [0.15, 0.2) is 42.7 Å². The molecule has 1 aromatic heterocycles. The average molecular weight is 528 g/mol. The second-order valence-electron chi connectivity index (χ2n) is 11.5. The van der Waals surface area contributed by atoms with E-state index in [4.69, 9.17) is 10.5 Å². The molecule has 1 aliphatic carbocycles. The van der Waals surface area contributed by atoms with E-state index in [2.05, 4.69) is 10.2 Å². The van der Waals surface area contributed by atoms with Crippen LogP contribution in [0.5, 0.6) is 0 Å². The van der Waals surface area contributed by atoms with Crippen LogP contribution in [0.1, 0.15) is 78.1 Å². The first kappa shape index (κ1) is 26.4. The number of anilines is 1. The first-order valence-corrected chi connectivity index (χ1v) is 12.6. The number of aryl methyl sites for hydroxylation is 1. The Bertz CT molecular complexity index is 1390. The molecule has 2 N–H and O–H groups in total. The van der Waals surface area contributed by atoms with Crippen LogP contribution >= 0.6 is 0 Å². The predicted octanol–water partition coefficient (Wildman–Crippen LogP) is 5.14. The number of methoxy groups -OCH3 is 1. The van der Waals surface area contributed by atoms with E-state index in [1.807, 2.05) is 50.6 Å². The lowest BCUT2D eigenvalue weighted by Gasteiger charge is -2.46. The largest absolute Gasteiger partial charge is 0.416 e. The summed E-state index contributed by atoms with van der Waals surface area (Å²) in [5.74, 6) is 0.306. The molecule has 3 aromatic rings. The molecule has 1 aliphatic heterocycles. The molecule has 1 atom stereocenters. The molecule has 1 amide bonds. The molecule has 0 unspecified atom stereocenters. The van der Waals surface area contributed by atoms with Crippen LogP contribution in [0.4, 0.5) is 18.9 Å². The van der Waals surface area contributed by atoms with Crippen molar-refractivity contribution in [2.45, 2.75) is 63.9 Å². The van der Waals surface area contributed by atoms with Gasteiger partial charge in [-0.2, -0.15) is 13.2 Å². The van der Waals surface area contributed by atoms with Crippen LogP contribution in [0.2, 0.25) is 0 Å². The third-order valence-corrected chi connectivity index (χ3v) is 8.00. The van der Waals surface area contributed by atoms with E-state index in [0.29, 0.717) is 24.1 Å². The van der Waals surface area contributed by atoms with Gasteiger partial charge in [0.2, 0.25) is 0 Å². The highest BCUT2D eigenvalue weighted by Crippen LogP contribution is 2.50. The molecule has 2 heterocycles. The molecule has 202 valence electrons. The second-order valence-corrected chi connectivity index (χ2v) is 11.5. The number of ether oxygens (including phenoxy) is 1. The molecule has 10 heteroatoms. The summed E-state index contributed by atoms with van der Waals surface area (Å²) in [6.07, 6.45) is -1.57. The Morgan fingerprint density at radius 3 is 2.45 bits per heavy atom. The SMILES string of the molecule is CO[C@H]1C[C@](c2cccc(N3Cc4c(cc([C@H](N)C(C)(C)C)cc4C(F)(F)F)C3=O)c2)(c2nncn2C)C1. The standard InChI is InChI=1S/C28H32F3N5O2/c1-26(2,3)23(32)16-9-20-21(22(10-16)28(29,30)31)14-36(24(20)37)18-8-6-7-17(11-18)27(12-19(13-27)38-5)25-34-33-15-35(25)4/h6-11,15,19,23H,12-14,32H2,1-5H3/t19-,23-,27-/m0/s1. The fraction of sp³-hybridized carbons (Fsp3) is 0.464. The van der Waals surface area contributed by atoms with Crippen LogP contribution in [-0.2, 0) is 29.9 Å². The normalized spacial score (nSPS) is 22.4. The highest BCUT2D eigenvalue weighted by Gasteiger charge is 2.50. The van der Waals surface area contributed by atoms with Crippen molar-refractivity contribution in [1.82, 2.24) is 14.8 Å². The van der Waals surface area contributed by atoms with Crippen LogP contribution in [-0.4, -0.2) is 33.9 Å². The molecule has 38 heavy (non-hydrogen) atoms. The fourth-order valence-corrected chi connectivity index (χ4v) is 5.69. The zero-order chi connectivity index (χ0) is 27.6. The number of carbonyl (C=O) groups is 1. The Balaban J connectivity index is 1.56. The van der Waals surface area contributed by atoms with E-state index in [1.165, 1.54) is 11.0 Å². The average Bonchev–Trinajstić information content (AvgIpc) is 3.40. The van der Waals surface area contributed by atoms with Crippen molar-refractivity contribution in [1.29, 1.82) is 0 Å². The minimum Gasteiger partial charge on any atom is -0.381 e. The lowest BCUT2D eigenvalue weighted by Crippen LogP contribution is -2.48.